The van der Waals surface area contributed by atoms with E-state index in [0.717, 1.165) is 18.0 Å². The van der Waals surface area contributed by atoms with Gasteiger partial charge in [0.2, 0.25) is 0 Å². The molecule has 0 spiro atoms. The van der Waals surface area contributed by atoms with E-state index in [1.165, 1.54) is 18.4 Å². The molecule has 2 unspecified atom stereocenters. The molecule has 1 saturated carbocycles. The van der Waals surface area contributed by atoms with E-state index in [1.54, 1.807) is 0 Å². The van der Waals surface area contributed by atoms with Crippen molar-refractivity contribution in [3.05, 3.63) is 23.8 Å². The molecular weight excluding hydrogens is 202 g/mol. The molecule has 3 rings (SSSR count). The van der Waals surface area contributed by atoms with Crippen LogP contribution < -0.4 is 15.2 Å². The highest BCUT2D eigenvalue weighted by Crippen LogP contribution is 2.44. The van der Waals surface area contributed by atoms with Crippen LogP contribution in [-0.4, -0.2) is 19.8 Å². The van der Waals surface area contributed by atoms with Crippen LogP contribution in [0.5, 0.6) is 11.5 Å². The summed E-state index contributed by atoms with van der Waals surface area (Å²) in [7, 11) is 0. The fourth-order valence-electron chi connectivity index (χ4n) is 2.58. The van der Waals surface area contributed by atoms with E-state index in [9.17, 15) is 0 Å². The third kappa shape index (κ3) is 1.55. The highest BCUT2D eigenvalue weighted by molar-refractivity contribution is 5.45. The molecule has 1 fully saturated rings. The van der Waals surface area contributed by atoms with Gasteiger partial charge in [-0.2, -0.15) is 0 Å². The van der Waals surface area contributed by atoms with Gasteiger partial charge < -0.3 is 15.2 Å². The minimum absolute atomic E-state index is 0.626. The normalized spacial score (nSPS) is 27.3. The van der Waals surface area contributed by atoms with Crippen LogP contribution in [0.1, 0.15) is 24.3 Å². The Morgan fingerprint density at radius 2 is 1.94 bits per heavy atom. The molecule has 16 heavy (non-hydrogen) atoms. The van der Waals surface area contributed by atoms with Crippen molar-refractivity contribution in [1.29, 1.82) is 0 Å². The van der Waals surface area contributed by atoms with Gasteiger partial charge in [0.15, 0.2) is 11.5 Å². The van der Waals surface area contributed by atoms with Crippen molar-refractivity contribution >= 4 is 0 Å². The van der Waals surface area contributed by atoms with E-state index >= 15 is 0 Å². The second-order valence-corrected chi connectivity index (χ2v) is 4.58. The summed E-state index contributed by atoms with van der Waals surface area (Å²) < 4.78 is 11.1. The summed E-state index contributed by atoms with van der Waals surface area (Å²) in [6.07, 6.45) is 2.51. The van der Waals surface area contributed by atoms with E-state index in [-0.39, 0.29) is 0 Å². The van der Waals surface area contributed by atoms with Crippen molar-refractivity contribution < 1.29 is 9.47 Å². The van der Waals surface area contributed by atoms with Gasteiger partial charge in [-0.15, -0.1) is 0 Å². The Morgan fingerprint density at radius 3 is 2.62 bits per heavy atom. The number of ether oxygens (including phenoxy) is 2. The number of hydrogen-bond donors (Lipinski definition) is 1. The summed E-state index contributed by atoms with van der Waals surface area (Å²) in [4.78, 5) is 0. The van der Waals surface area contributed by atoms with Crippen molar-refractivity contribution in [3.63, 3.8) is 0 Å². The molecule has 3 heteroatoms. The van der Waals surface area contributed by atoms with Crippen molar-refractivity contribution in [1.82, 2.24) is 0 Å². The lowest BCUT2D eigenvalue weighted by molar-refractivity contribution is 0.170. The SMILES string of the molecule is NCC1CCC1c1ccc2c(c1)OCCO2. The first-order chi connectivity index (χ1) is 7.88. The third-order valence-electron chi connectivity index (χ3n) is 3.71. The summed E-state index contributed by atoms with van der Waals surface area (Å²) in [5.74, 6) is 3.05. The van der Waals surface area contributed by atoms with Crippen molar-refractivity contribution in [3.8, 4) is 11.5 Å². The molecule has 2 aliphatic rings. The Morgan fingerprint density at radius 1 is 1.12 bits per heavy atom. The molecule has 0 radical (unpaired) electrons. The zero-order chi connectivity index (χ0) is 11.0. The van der Waals surface area contributed by atoms with Crippen LogP contribution in [0.15, 0.2) is 18.2 Å². The molecule has 1 aliphatic carbocycles. The zero-order valence-electron chi connectivity index (χ0n) is 9.32. The van der Waals surface area contributed by atoms with Gasteiger partial charge in [-0.3, -0.25) is 0 Å². The van der Waals surface area contributed by atoms with Gasteiger partial charge in [0.1, 0.15) is 13.2 Å². The molecule has 1 aromatic rings. The fraction of sp³-hybridized carbons (Fsp3) is 0.538. The van der Waals surface area contributed by atoms with Crippen LogP contribution >= 0.6 is 0 Å². The average Bonchev–Trinajstić information content (AvgIpc) is 2.28. The Bertz CT molecular complexity index is 390. The van der Waals surface area contributed by atoms with Crippen LogP contribution in [0.4, 0.5) is 0 Å². The molecule has 1 aliphatic heterocycles. The lowest BCUT2D eigenvalue weighted by Crippen LogP contribution is -2.30. The second-order valence-electron chi connectivity index (χ2n) is 4.58. The summed E-state index contributed by atoms with van der Waals surface area (Å²) in [5.41, 5.74) is 7.10. The first-order valence-electron chi connectivity index (χ1n) is 5.98. The van der Waals surface area contributed by atoms with E-state index in [1.807, 2.05) is 6.07 Å². The van der Waals surface area contributed by atoms with Gasteiger partial charge in [-0.25, -0.2) is 0 Å². The predicted molar refractivity (Wildman–Crippen MR) is 62.0 cm³/mol. The van der Waals surface area contributed by atoms with Gasteiger partial charge >= 0.3 is 0 Å². The van der Waals surface area contributed by atoms with E-state index in [2.05, 4.69) is 12.1 Å². The highest BCUT2D eigenvalue weighted by atomic mass is 16.6. The minimum Gasteiger partial charge on any atom is -0.486 e. The van der Waals surface area contributed by atoms with Crippen LogP contribution in [0.25, 0.3) is 0 Å². The van der Waals surface area contributed by atoms with E-state index < -0.39 is 0 Å². The van der Waals surface area contributed by atoms with E-state index in [0.29, 0.717) is 25.0 Å². The summed E-state index contributed by atoms with van der Waals surface area (Å²) in [5, 5.41) is 0. The second kappa shape index (κ2) is 3.98. The fourth-order valence-corrected chi connectivity index (χ4v) is 2.58. The molecule has 1 heterocycles. The minimum atomic E-state index is 0.626. The number of rotatable bonds is 2. The molecule has 2 atom stereocenters. The van der Waals surface area contributed by atoms with Gasteiger partial charge in [0, 0.05) is 0 Å². The van der Waals surface area contributed by atoms with Gasteiger partial charge in [0.25, 0.3) is 0 Å². The molecular formula is C13H17NO2. The average molecular weight is 219 g/mol. The van der Waals surface area contributed by atoms with Crippen molar-refractivity contribution in [2.75, 3.05) is 19.8 Å². The van der Waals surface area contributed by atoms with Crippen LogP contribution in [-0.2, 0) is 0 Å². The van der Waals surface area contributed by atoms with Crippen molar-refractivity contribution in [2.45, 2.75) is 18.8 Å². The van der Waals surface area contributed by atoms with Crippen LogP contribution in [0.3, 0.4) is 0 Å². The maximum absolute atomic E-state index is 5.74. The Kier molecular flexibility index (Phi) is 2.48. The van der Waals surface area contributed by atoms with Crippen LogP contribution in [0.2, 0.25) is 0 Å². The molecule has 0 aromatic heterocycles. The monoisotopic (exact) mass is 219 g/mol. The molecule has 86 valence electrons. The molecule has 0 amide bonds. The number of hydrogen-bond acceptors (Lipinski definition) is 3. The Labute approximate surface area is 95.5 Å². The van der Waals surface area contributed by atoms with Gasteiger partial charge in [-0.05, 0) is 48.9 Å². The summed E-state index contributed by atoms with van der Waals surface area (Å²) >= 11 is 0. The number of nitrogens with two attached hydrogens (primary N) is 1. The summed E-state index contributed by atoms with van der Waals surface area (Å²) in [6.45, 7) is 2.10. The largest absolute Gasteiger partial charge is 0.486 e. The standard InChI is InChI=1S/C13H17NO2/c14-8-10-1-3-11(10)9-2-4-12-13(7-9)16-6-5-15-12/h2,4,7,10-11H,1,3,5-6,8,14H2. The van der Waals surface area contributed by atoms with Gasteiger partial charge in [-0.1, -0.05) is 6.07 Å². The van der Waals surface area contributed by atoms with Crippen LogP contribution in [0, 0.1) is 5.92 Å². The lowest BCUT2D eigenvalue weighted by atomic mass is 9.70. The van der Waals surface area contributed by atoms with Gasteiger partial charge in [0.05, 0.1) is 0 Å². The highest BCUT2D eigenvalue weighted by Gasteiger charge is 2.31. The Balaban J connectivity index is 1.85. The topological polar surface area (TPSA) is 44.5 Å². The predicted octanol–water partition coefficient (Wildman–Crippen LogP) is 1.91. The maximum atomic E-state index is 5.74. The summed E-state index contributed by atoms with van der Waals surface area (Å²) in [6, 6.07) is 6.30. The van der Waals surface area contributed by atoms with E-state index in [4.69, 9.17) is 15.2 Å². The zero-order valence-corrected chi connectivity index (χ0v) is 9.32. The molecule has 3 nitrogen and oxygen atoms in total. The third-order valence-corrected chi connectivity index (χ3v) is 3.71. The lowest BCUT2D eigenvalue weighted by Gasteiger charge is -2.36. The van der Waals surface area contributed by atoms with Crippen molar-refractivity contribution in [2.24, 2.45) is 11.7 Å². The quantitative estimate of drug-likeness (QED) is 0.826. The molecule has 0 saturated heterocycles. The maximum Gasteiger partial charge on any atom is 0.161 e. The molecule has 1 aromatic carbocycles. The molecule has 0 bridgehead atoms. The first kappa shape index (κ1) is 9.97. The molecule has 2 N–H and O–H groups in total. The first-order valence-corrected chi connectivity index (χ1v) is 5.98. The smallest absolute Gasteiger partial charge is 0.161 e. The number of benzene rings is 1. The Hall–Kier alpha value is -1.22. The number of fused-ring (bicyclic) bond motifs is 1.